The fraction of sp³-hybridized carbons (Fsp3) is 0.267. The molecule has 9 heteroatoms. The molecule has 202 valence electrons. The van der Waals surface area contributed by atoms with Crippen LogP contribution in [0, 0.1) is 0 Å². The lowest BCUT2D eigenvalue weighted by Crippen LogP contribution is -2.47. The Balaban J connectivity index is 1.11. The topological polar surface area (TPSA) is 55.9 Å². The first-order valence-electron chi connectivity index (χ1n) is 13.0. The minimum Gasteiger partial charge on any atom is -0.369 e. The quantitative estimate of drug-likeness (QED) is 0.272. The van der Waals surface area contributed by atoms with E-state index < -0.39 is 0 Å². The van der Waals surface area contributed by atoms with Gasteiger partial charge < -0.3 is 15.1 Å². The number of fused-ring (bicyclic) bond motifs is 1. The summed E-state index contributed by atoms with van der Waals surface area (Å²) in [5.74, 6) is -0.241. The summed E-state index contributed by atoms with van der Waals surface area (Å²) < 4.78 is 0. The van der Waals surface area contributed by atoms with Gasteiger partial charge in [0.25, 0.3) is 11.8 Å². The number of amides is 2. The fourth-order valence-corrected chi connectivity index (χ4v) is 6.27. The number of carbonyl (C=O) groups excluding carboxylic acids is 2. The van der Waals surface area contributed by atoms with Crippen molar-refractivity contribution in [1.82, 2.24) is 10.2 Å². The molecule has 0 saturated carbocycles. The lowest BCUT2D eigenvalue weighted by atomic mass is 10.1. The van der Waals surface area contributed by atoms with Crippen molar-refractivity contribution in [3.05, 3.63) is 92.8 Å². The highest BCUT2D eigenvalue weighted by molar-refractivity contribution is 8.04. The molecule has 1 saturated heterocycles. The van der Waals surface area contributed by atoms with Gasteiger partial charge in [-0.1, -0.05) is 53.2 Å². The first-order chi connectivity index (χ1) is 18.9. The van der Waals surface area contributed by atoms with Crippen LogP contribution in [0.15, 0.2) is 76.5 Å². The maximum atomic E-state index is 13.0. The first-order valence-corrected chi connectivity index (χ1v) is 14.5. The standard InChI is InChI=1S/C30H30Cl2N4O2S/c1-34-26-19-22(9-10-27(26)39-28(30(34)38)18-21-5-2-6-23(31)17-21)29(37)33-11-4-12-35-13-15-36(16-14-35)25-8-3-7-24(32)20-25/h2-3,5-10,17-20H,4,11-16H2,1H3,(H,33,37). The Hall–Kier alpha value is -2.97. The predicted octanol–water partition coefficient (Wildman–Crippen LogP) is 6.05. The molecule has 2 aliphatic rings. The zero-order valence-corrected chi connectivity index (χ0v) is 24.0. The second kappa shape index (κ2) is 12.5. The van der Waals surface area contributed by atoms with Crippen molar-refractivity contribution < 1.29 is 9.59 Å². The molecule has 5 rings (SSSR count). The van der Waals surface area contributed by atoms with Crippen LogP contribution in [0.4, 0.5) is 11.4 Å². The van der Waals surface area contributed by atoms with Crippen LogP contribution in [0.5, 0.6) is 0 Å². The van der Waals surface area contributed by atoms with Gasteiger partial charge in [0.2, 0.25) is 0 Å². The molecule has 1 N–H and O–H groups in total. The van der Waals surface area contributed by atoms with Gasteiger partial charge in [-0.05, 0) is 73.1 Å². The molecule has 0 unspecified atom stereocenters. The summed E-state index contributed by atoms with van der Waals surface area (Å²) in [5.41, 5.74) is 3.32. The molecule has 3 aromatic carbocycles. The normalized spacial score (nSPS) is 16.9. The van der Waals surface area contributed by atoms with E-state index >= 15 is 0 Å². The SMILES string of the molecule is CN1C(=O)C(=Cc2cccc(Cl)c2)Sc2ccc(C(=O)NCCCN3CCN(c4cccc(Cl)c4)CC3)cc21. The highest BCUT2D eigenvalue weighted by Crippen LogP contribution is 2.42. The molecule has 0 aromatic heterocycles. The number of hydrogen-bond acceptors (Lipinski definition) is 5. The minimum absolute atomic E-state index is 0.111. The largest absolute Gasteiger partial charge is 0.369 e. The molecule has 2 amide bonds. The maximum Gasteiger partial charge on any atom is 0.264 e. The van der Waals surface area contributed by atoms with E-state index in [1.807, 2.05) is 54.6 Å². The van der Waals surface area contributed by atoms with Gasteiger partial charge in [0, 0.05) is 66.0 Å². The Morgan fingerprint density at radius 3 is 2.46 bits per heavy atom. The number of hydrogen-bond donors (Lipinski definition) is 1. The van der Waals surface area contributed by atoms with Gasteiger partial charge in [0.1, 0.15) is 0 Å². The van der Waals surface area contributed by atoms with Gasteiger partial charge in [-0.25, -0.2) is 0 Å². The monoisotopic (exact) mass is 580 g/mol. The van der Waals surface area contributed by atoms with Crippen molar-refractivity contribution in [3.63, 3.8) is 0 Å². The molecule has 0 radical (unpaired) electrons. The summed E-state index contributed by atoms with van der Waals surface area (Å²) in [5, 5.41) is 4.42. The third-order valence-electron chi connectivity index (χ3n) is 6.95. The Morgan fingerprint density at radius 2 is 1.72 bits per heavy atom. The second-order valence-corrected chi connectivity index (χ2v) is 11.6. The van der Waals surface area contributed by atoms with Gasteiger partial charge >= 0.3 is 0 Å². The Morgan fingerprint density at radius 1 is 0.974 bits per heavy atom. The highest BCUT2D eigenvalue weighted by atomic mass is 35.5. The number of benzene rings is 3. The number of rotatable bonds is 7. The van der Waals surface area contributed by atoms with Crippen LogP contribution in [0.25, 0.3) is 6.08 Å². The summed E-state index contributed by atoms with van der Waals surface area (Å²) in [6.45, 7) is 5.42. The Labute approximate surface area is 243 Å². The third-order valence-corrected chi connectivity index (χ3v) is 8.49. The summed E-state index contributed by atoms with van der Waals surface area (Å²) in [4.78, 5) is 33.8. The summed E-state index contributed by atoms with van der Waals surface area (Å²) in [7, 11) is 1.74. The van der Waals surface area contributed by atoms with Crippen LogP contribution in [0.1, 0.15) is 22.3 Å². The van der Waals surface area contributed by atoms with Crippen LogP contribution in [0.2, 0.25) is 10.0 Å². The van der Waals surface area contributed by atoms with Gasteiger partial charge in [0.05, 0.1) is 10.6 Å². The summed E-state index contributed by atoms with van der Waals surface area (Å²) >= 11 is 13.6. The van der Waals surface area contributed by atoms with Crippen molar-refractivity contribution >= 4 is 64.2 Å². The third kappa shape index (κ3) is 6.79. The van der Waals surface area contributed by atoms with E-state index in [2.05, 4.69) is 21.2 Å². The molecular weight excluding hydrogens is 551 g/mol. The lowest BCUT2D eigenvalue weighted by molar-refractivity contribution is -0.114. The van der Waals surface area contributed by atoms with E-state index in [4.69, 9.17) is 23.2 Å². The van der Waals surface area contributed by atoms with Crippen LogP contribution in [-0.2, 0) is 4.79 Å². The van der Waals surface area contributed by atoms with Crippen LogP contribution >= 0.6 is 35.0 Å². The first kappa shape index (κ1) is 27.6. The van der Waals surface area contributed by atoms with Crippen molar-refractivity contribution in [2.75, 3.05) is 56.1 Å². The number of thioether (sulfide) groups is 1. The van der Waals surface area contributed by atoms with E-state index in [1.54, 1.807) is 24.1 Å². The minimum atomic E-state index is -0.130. The number of nitrogens with zero attached hydrogens (tertiary/aromatic N) is 3. The number of piperazine rings is 1. The summed E-state index contributed by atoms with van der Waals surface area (Å²) in [6.07, 6.45) is 2.72. The van der Waals surface area contributed by atoms with E-state index in [1.165, 1.54) is 17.4 Å². The van der Waals surface area contributed by atoms with E-state index in [-0.39, 0.29) is 11.8 Å². The fourth-order valence-electron chi connectivity index (χ4n) is 4.79. The number of nitrogens with one attached hydrogen (secondary N) is 1. The molecule has 0 atom stereocenters. The molecule has 1 fully saturated rings. The average Bonchev–Trinajstić information content (AvgIpc) is 2.94. The van der Waals surface area contributed by atoms with Crippen molar-refractivity contribution in [3.8, 4) is 0 Å². The predicted molar refractivity (Wildman–Crippen MR) is 162 cm³/mol. The molecule has 2 aliphatic heterocycles. The number of likely N-dealkylation sites (N-methyl/N-ethyl adjacent to an activating group) is 1. The summed E-state index contributed by atoms with van der Waals surface area (Å²) in [6, 6.07) is 20.9. The second-order valence-electron chi connectivity index (χ2n) is 9.63. The Bertz CT molecular complexity index is 1410. The Kier molecular flexibility index (Phi) is 8.82. The van der Waals surface area contributed by atoms with Crippen LogP contribution in [-0.4, -0.2) is 63.0 Å². The molecule has 0 aliphatic carbocycles. The molecule has 2 heterocycles. The van der Waals surface area contributed by atoms with Crippen LogP contribution in [0.3, 0.4) is 0 Å². The smallest absolute Gasteiger partial charge is 0.264 e. The van der Waals surface area contributed by atoms with Gasteiger partial charge in [-0.15, -0.1) is 0 Å². The van der Waals surface area contributed by atoms with Gasteiger partial charge in [0.15, 0.2) is 0 Å². The van der Waals surface area contributed by atoms with Crippen molar-refractivity contribution in [2.24, 2.45) is 0 Å². The highest BCUT2D eigenvalue weighted by Gasteiger charge is 2.27. The zero-order chi connectivity index (χ0) is 27.4. The number of anilines is 2. The maximum absolute atomic E-state index is 13.0. The average molecular weight is 582 g/mol. The number of carbonyl (C=O) groups is 2. The van der Waals surface area contributed by atoms with Gasteiger partial charge in [-0.3, -0.25) is 14.5 Å². The van der Waals surface area contributed by atoms with Crippen LogP contribution < -0.4 is 15.1 Å². The van der Waals surface area contributed by atoms with E-state index in [0.717, 1.165) is 60.3 Å². The van der Waals surface area contributed by atoms with E-state index in [9.17, 15) is 9.59 Å². The zero-order valence-electron chi connectivity index (χ0n) is 21.7. The van der Waals surface area contributed by atoms with Gasteiger partial charge in [-0.2, -0.15) is 0 Å². The molecule has 3 aromatic rings. The molecular formula is C30H30Cl2N4O2S. The molecule has 39 heavy (non-hydrogen) atoms. The molecule has 6 nitrogen and oxygen atoms in total. The van der Waals surface area contributed by atoms with Crippen molar-refractivity contribution in [2.45, 2.75) is 11.3 Å². The van der Waals surface area contributed by atoms with E-state index in [0.29, 0.717) is 22.0 Å². The molecule has 0 spiro atoms. The van der Waals surface area contributed by atoms with Crippen molar-refractivity contribution in [1.29, 1.82) is 0 Å². The number of halogens is 2. The molecule has 0 bridgehead atoms. The lowest BCUT2D eigenvalue weighted by Gasteiger charge is -2.36.